The van der Waals surface area contributed by atoms with E-state index in [-0.39, 0.29) is 17.9 Å². The van der Waals surface area contributed by atoms with Crippen LogP contribution in [-0.4, -0.2) is 24.2 Å². The maximum Gasteiger partial charge on any atom is 0.433 e. The van der Waals surface area contributed by atoms with E-state index >= 15 is 0 Å². The molecule has 9 heteroatoms. The van der Waals surface area contributed by atoms with E-state index in [0.717, 1.165) is 0 Å². The van der Waals surface area contributed by atoms with Gasteiger partial charge in [-0.3, -0.25) is 0 Å². The molecule has 1 rings (SSSR count). The van der Waals surface area contributed by atoms with Gasteiger partial charge in [0.05, 0.1) is 17.6 Å². The molecule has 0 bridgehead atoms. The average molecular weight is 287 g/mol. The van der Waals surface area contributed by atoms with Crippen LogP contribution in [-0.2, 0) is 6.18 Å². The van der Waals surface area contributed by atoms with E-state index in [9.17, 15) is 26.3 Å². The Morgan fingerprint density at radius 1 is 1.21 bits per heavy atom. The molecule has 19 heavy (non-hydrogen) atoms. The lowest BCUT2D eigenvalue weighted by molar-refractivity contribution is -0.141. The zero-order chi connectivity index (χ0) is 14.8. The van der Waals surface area contributed by atoms with Gasteiger partial charge in [-0.15, -0.1) is 0 Å². The summed E-state index contributed by atoms with van der Waals surface area (Å²) >= 11 is 0. The highest BCUT2D eigenvalue weighted by Crippen LogP contribution is 2.33. The second kappa shape index (κ2) is 5.14. The molecule has 0 aromatic carbocycles. The van der Waals surface area contributed by atoms with Crippen LogP contribution in [0.1, 0.15) is 12.6 Å². The van der Waals surface area contributed by atoms with Crippen LogP contribution in [0.2, 0.25) is 0 Å². The zero-order valence-corrected chi connectivity index (χ0v) is 9.81. The topological polar surface area (TPSA) is 42.2 Å². The maximum atomic E-state index is 12.5. The Morgan fingerprint density at radius 2 is 1.79 bits per heavy atom. The minimum Gasteiger partial charge on any atom is -0.396 e. The highest BCUT2D eigenvalue weighted by Gasteiger charge is 2.35. The summed E-state index contributed by atoms with van der Waals surface area (Å²) in [6, 6.07) is 0.518. The molecule has 0 spiro atoms. The number of hydrogen-bond donors (Lipinski definition) is 1. The summed E-state index contributed by atoms with van der Waals surface area (Å²) in [5, 5.41) is 0. The first kappa shape index (κ1) is 15.4. The van der Waals surface area contributed by atoms with Gasteiger partial charge < -0.3 is 10.6 Å². The number of anilines is 2. The number of nitrogens with zero attached hydrogens (tertiary/aromatic N) is 2. The minimum atomic E-state index is -4.74. The monoisotopic (exact) mass is 287 g/mol. The Labute approximate surface area is 105 Å². The number of aromatic nitrogens is 1. The number of nitrogen functional groups attached to an aromatic ring is 1. The van der Waals surface area contributed by atoms with Crippen molar-refractivity contribution in [1.29, 1.82) is 0 Å². The van der Waals surface area contributed by atoms with Gasteiger partial charge in [0.2, 0.25) is 0 Å². The summed E-state index contributed by atoms with van der Waals surface area (Å²) in [4.78, 5) is 3.78. The van der Waals surface area contributed by atoms with Crippen molar-refractivity contribution < 1.29 is 26.3 Å². The molecule has 0 amide bonds. The van der Waals surface area contributed by atoms with Crippen LogP contribution in [0.15, 0.2) is 12.3 Å². The Kier molecular flexibility index (Phi) is 4.16. The van der Waals surface area contributed by atoms with Crippen molar-refractivity contribution >= 4 is 11.4 Å². The molecule has 108 valence electrons. The summed E-state index contributed by atoms with van der Waals surface area (Å²) in [6.45, 7) is -0.126. The largest absolute Gasteiger partial charge is 0.433 e. The average Bonchev–Trinajstić information content (AvgIpc) is 2.24. The van der Waals surface area contributed by atoms with E-state index < -0.39 is 24.6 Å². The Hall–Kier alpha value is -1.67. The van der Waals surface area contributed by atoms with Crippen molar-refractivity contribution in [3.8, 4) is 0 Å². The number of pyridine rings is 1. The molecule has 0 radical (unpaired) electrons. The minimum absolute atomic E-state index is 0.134. The number of hydrogen-bond acceptors (Lipinski definition) is 3. The third-order valence-electron chi connectivity index (χ3n) is 2.29. The fourth-order valence-electron chi connectivity index (χ4n) is 1.47. The lowest BCUT2D eigenvalue weighted by atomic mass is 10.2. The number of halogens is 6. The predicted octanol–water partition coefficient (Wildman–Crippen LogP) is 3.07. The van der Waals surface area contributed by atoms with Crippen molar-refractivity contribution in [2.24, 2.45) is 0 Å². The fourth-order valence-corrected chi connectivity index (χ4v) is 1.47. The SMILES string of the molecule is CCN(CC(F)(F)F)c1cc(C(F)(F)F)ncc1N. The first-order valence-electron chi connectivity index (χ1n) is 5.19. The van der Waals surface area contributed by atoms with Gasteiger partial charge in [-0.2, -0.15) is 26.3 Å². The standard InChI is InChI=1S/C10H11F6N3/c1-2-19(5-9(11,12)13)7-3-8(10(14,15)16)18-4-6(7)17/h3-4H,2,5,17H2,1H3. The molecule has 2 N–H and O–H groups in total. The summed E-state index contributed by atoms with van der Waals surface area (Å²) in [5.74, 6) is 0. The lowest BCUT2D eigenvalue weighted by Gasteiger charge is -2.26. The van der Waals surface area contributed by atoms with E-state index in [1.54, 1.807) is 0 Å². The maximum absolute atomic E-state index is 12.5. The zero-order valence-electron chi connectivity index (χ0n) is 9.81. The third kappa shape index (κ3) is 4.18. The quantitative estimate of drug-likeness (QED) is 0.869. The molecule has 0 aliphatic rings. The van der Waals surface area contributed by atoms with E-state index in [0.29, 0.717) is 17.2 Å². The Morgan fingerprint density at radius 3 is 2.21 bits per heavy atom. The van der Waals surface area contributed by atoms with Crippen molar-refractivity contribution in [2.75, 3.05) is 23.7 Å². The van der Waals surface area contributed by atoms with Crippen LogP contribution in [0.5, 0.6) is 0 Å². The first-order chi connectivity index (χ1) is 8.54. The molecule has 0 saturated heterocycles. The van der Waals surface area contributed by atoms with Gasteiger partial charge in [0, 0.05) is 6.54 Å². The molecule has 0 atom stereocenters. The van der Waals surface area contributed by atoms with Crippen LogP contribution in [0.25, 0.3) is 0 Å². The molecule has 3 nitrogen and oxygen atoms in total. The first-order valence-corrected chi connectivity index (χ1v) is 5.19. The predicted molar refractivity (Wildman–Crippen MR) is 57.6 cm³/mol. The molecule has 0 aliphatic heterocycles. The third-order valence-corrected chi connectivity index (χ3v) is 2.29. The second-order valence-electron chi connectivity index (χ2n) is 3.76. The van der Waals surface area contributed by atoms with Crippen molar-refractivity contribution in [2.45, 2.75) is 19.3 Å². The van der Waals surface area contributed by atoms with Gasteiger partial charge in [0.1, 0.15) is 12.2 Å². The van der Waals surface area contributed by atoms with Crippen LogP contribution in [0.3, 0.4) is 0 Å². The van der Waals surface area contributed by atoms with E-state index in [4.69, 9.17) is 5.73 Å². The van der Waals surface area contributed by atoms with E-state index in [1.165, 1.54) is 6.92 Å². The summed E-state index contributed by atoms with van der Waals surface area (Å²) < 4.78 is 74.4. The van der Waals surface area contributed by atoms with Crippen LogP contribution >= 0.6 is 0 Å². The van der Waals surface area contributed by atoms with Gasteiger partial charge in [-0.05, 0) is 13.0 Å². The highest BCUT2D eigenvalue weighted by atomic mass is 19.4. The van der Waals surface area contributed by atoms with Gasteiger partial charge in [0.25, 0.3) is 0 Å². The van der Waals surface area contributed by atoms with Gasteiger partial charge in [-0.1, -0.05) is 0 Å². The fraction of sp³-hybridized carbons (Fsp3) is 0.500. The molecular formula is C10H11F6N3. The second-order valence-corrected chi connectivity index (χ2v) is 3.76. The Bertz CT molecular complexity index is 440. The van der Waals surface area contributed by atoms with Gasteiger partial charge in [0.15, 0.2) is 0 Å². The smallest absolute Gasteiger partial charge is 0.396 e. The number of alkyl halides is 6. The number of nitrogens with two attached hydrogens (primary N) is 1. The van der Waals surface area contributed by atoms with Crippen molar-refractivity contribution in [3.05, 3.63) is 18.0 Å². The van der Waals surface area contributed by atoms with Gasteiger partial charge in [-0.25, -0.2) is 4.98 Å². The molecule has 0 unspecified atom stereocenters. The molecule has 1 heterocycles. The van der Waals surface area contributed by atoms with Crippen molar-refractivity contribution in [3.63, 3.8) is 0 Å². The molecule has 1 aromatic rings. The number of rotatable bonds is 3. The summed E-state index contributed by atoms with van der Waals surface area (Å²) in [6.07, 6.45) is -8.57. The molecule has 0 fully saturated rings. The summed E-state index contributed by atoms with van der Waals surface area (Å²) in [5.41, 5.74) is 3.54. The van der Waals surface area contributed by atoms with Crippen LogP contribution < -0.4 is 10.6 Å². The Balaban J connectivity index is 3.16. The van der Waals surface area contributed by atoms with E-state index in [2.05, 4.69) is 4.98 Å². The molecular weight excluding hydrogens is 276 g/mol. The van der Waals surface area contributed by atoms with Gasteiger partial charge >= 0.3 is 12.4 Å². The van der Waals surface area contributed by atoms with Crippen LogP contribution in [0, 0.1) is 0 Å². The van der Waals surface area contributed by atoms with E-state index in [1.807, 2.05) is 0 Å². The molecule has 0 saturated carbocycles. The molecule has 1 aromatic heterocycles. The normalized spacial score (nSPS) is 12.6. The lowest BCUT2D eigenvalue weighted by Crippen LogP contribution is -2.34. The van der Waals surface area contributed by atoms with Crippen molar-refractivity contribution in [1.82, 2.24) is 4.98 Å². The molecule has 0 aliphatic carbocycles. The highest BCUT2D eigenvalue weighted by molar-refractivity contribution is 5.67. The summed E-state index contributed by atoms with van der Waals surface area (Å²) in [7, 11) is 0. The van der Waals surface area contributed by atoms with Crippen LogP contribution in [0.4, 0.5) is 37.7 Å².